The van der Waals surface area contributed by atoms with E-state index in [0.29, 0.717) is 35.0 Å². The molecule has 0 bridgehead atoms. The third-order valence-electron chi connectivity index (χ3n) is 5.45. The Labute approximate surface area is 195 Å². The SMILES string of the molecule is CCc1sc(C2C(C#N)=C(N)N(c3ccc(Br)cc3F)C3=C2C(=O)CCC3)cc1Br. The number of anilines is 1. The minimum Gasteiger partial charge on any atom is -0.384 e. The molecule has 2 aliphatic rings. The van der Waals surface area contributed by atoms with E-state index in [9.17, 15) is 14.4 Å². The summed E-state index contributed by atoms with van der Waals surface area (Å²) in [5, 5.41) is 10.0. The smallest absolute Gasteiger partial charge is 0.161 e. The van der Waals surface area contributed by atoms with E-state index in [2.05, 4.69) is 44.9 Å². The van der Waals surface area contributed by atoms with Gasteiger partial charge in [0.2, 0.25) is 0 Å². The molecule has 2 N–H and O–H groups in total. The van der Waals surface area contributed by atoms with E-state index in [1.807, 2.05) is 6.07 Å². The van der Waals surface area contributed by atoms with Crippen LogP contribution in [0.2, 0.25) is 0 Å². The molecule has 8 heteroatoms. The lowest BCUT2D eigenvalue weighted by Crippen LogP contribution is -2.39. The van der Waals surface area contributed by atoms with Gasteiger partial charge < -0.3 is 5.73 Å². The zero-order valence-corrected chi connectivity index (χ0v) is 20.1. The van der Waals surface area contributed by atoms with Crippen LogP contribution < -0.4 is 10.6 Å². The molecular weight excluding hydrogens is 533 g/mol. The van der Waals surface area contributed by atoms with Crippen LogP contribution in [0.5, 0.6) is 0 Å². The fourth-order valence-electron chi connectivity index (χ4n) is 4.12. The van der Waals surface area contributed by atoms with E-state index in [1.54, 1.807) is 28.4 Å². The van der Waals surface area contributed by atoms with Gasteiger partial charge in [0.15, 0.2) is 5.78 Å². The van der Waals surface area contributed by atoms with E-state index < -0.39 is 11.7 Å². The number of Topliss-reactive ketones (excluding diaryl/α,β-unsaturated/α-hetero) is 1. The van der Waals surface area contributed by atoms with Crippen molar-refractivity contribution < 1.29 is 9.18 Å². The van der Waals surface area contributed by atoms with Crippen molar-refractivity contribution in [3.63, 3.8) is 0 Å². The van der Waals surface area contributed by atoms with Crippen molar-refractivity contribution in [2.24, 2.45) is 5.73 Å². The van der Waals surface area contributed by atoms with Gasteiger partial charge in [-0.25, -0.2) is 4.39 Å². The Kier molecular flexibility index (Phi) is 5.88. The van der Waals surface area contributed by atoms with Gasteiger partial charge in [-0.3, -0.25) is 9.69 Å². The van der Waals surface area contributed by atoms with E-state index in [-0.39, 0.29) is 22.9 Å². The monoisotopic (exact) mass is 549 g/mol. The molecule has 0 saturated carbocycles. The molecule has 30 heavy (non-hydrogen) atoms. The number of aryl methyl sites for hydroxylation is 1. The predicted molar refractivity (Wildman–Crippen MR) is 123 cm³/mol. The Morgan fingerprint density at radius 2 is 2.10 bits per heavy atom. The fraction of sp³-hybridized carbons (Fsp3) is 0.273. The number of thiophene rings is 1. The van der Waals surface area contributed by atoms with Crippen LogP contribution in [0.3, 0.4) is 0 Å². The number of carbonyl (C=O) groups excluding carboxylic acids is 1. The van der Waals surface area contributed by atoms with Crippen LogP contribution in [0, 0.1) is 17.1 Å². The zero-order valence-electron chi connectivity index (χ0n) is 16.1. The molecular formula is C22H18Br2FN3OS. The molecule has 0 amide bonds. The minimum atomic E-state index is -0.519. The maximum absolute atomic E-state index is 14.9. The quantitative estimate of drug-likeness (QED) is 0.488. The second-order valence-electron chi connectivity index (χ2n) is 7.19. The summed E-state index contributed by atoms with van der Waals surface area (Å²) in [7, 11) is 0. The molecule has 1 aliphatic carbocycles. The van der Waals surface area contributed by atoms with Crippen LogP contribution in [0.25, 0.3) is 0 Å². The number of nitrogens with two attached hydrogens (primary N) is 1. The van der Waals surface area contributed by atoms with Crippen LogP contribution in [0.15, 0.2) is 55.9 Å². The van der Waals surface area contributed by atoms with E-state index in [4.69, 9.17) is 5.73 Å². The Hall–Kier alpha value is -1.95. The van der Waals surface area contributed by atoms with Crippen molar-refractivity contribution >= 4 is 54.7 Å². The lowest BCUT2D eigenvalue weighted by Gasteiger charge is -2.39. The van der Waals surface area contributed by atoms with Crippen LogP contribution in [-0.2, 0) is 11.2 Å². The molecule has 4 nitrogen and oxygen atoms in total. The first kappa shape index (κ1) is 21.3. The van der Waals surface area contributed by atoms with Gasteiger partial charge in [0.1, 0.15) is 11.6 Å². The lowest BCUT2D eigenvalue weighted by molar-refractivity contribution is -0.116. The molecule has 0 spiro atoms. The summed E-state index contributed by atoms with van der Waals surface area (Å²) in [5.74, 6) is -0.819. The number of halogens is 3. The maximum Gasteiger partial charge on any atom is 0.161 e. The fourth-order valence-corrected chi connectivity index (χ4v) is 6.49. The number of hydrogen-bond donors (Lipinski definition) is 1. The number of allylic oxidation sites excluding steroid dienone is 3. The van der Waals surface area contributed by atoms with Crippen molar-refractivity contribution in [2.75, 3.05) is 4.90 Å². The first-order chi connectivity index (χ1) is 14.4. The maximum atomic E-state index is 14.9. The van der Waals surface area contributed by atoms with E-state index in [1.165, 1.54) is 6.07 Å². The lowest BCUT2D eigenvalue weighted by atomic mass is 9.78. The normalized spacial score (nSPS) is 19.2. The van der Waals surface area contributed by atoms with Gasteiger partial charge in [0, 0.05) is 36.4 Å². The Morgan fingerprint density at radius 1 is 1.33 bits per heavy atom. The number of benzene rings is 1. The third kappa shape index (κ3) is 3.43. The van der Waals surface area contributed by atoms with Crippen molar-refractivity contribution in [3.05, 3.63) is 71.4 Å². The molecule has 4 rings (SSSR count). The summed E-state index contributed by atoms with van der Waals surface area (Å²) in [6, 6.07) is 8.88. The van der Waals surface area contributed by atoms with E-state index >= 15 is 0 Å². The molecule has 1 atom stereocenters. The van der Waals surface area contributed by atoms with Gasteiger partial charge in [-0.2, -0.15) is 5.26 Å². The van der Waals surface area contributed by atoms with Gasteiger partial charge in [-0.05, 0) is 59.5 Å². The predicted octanol–water partition coefficient (Wildman–Crippen LogP) is 6.28. The number of nitrogens with zero attached hydrogens (tertiary/aromatic N) is 2. The highest BCUT2D eigenvalue weighted by atomic mass is 79.9. The summed E-state index contributed by atoms with van der Waals surface area (Å²) < 4.78 is 16.4. The minimum absolute atomic E-state index is 0.00779. The number of nitriles is 1. The van der Waals surface area contributed by atoms with Gasteiger partial charge in [0.25, 0.3) is 0 Å². The number of rotatable bonds is 3. The van der Waals surface area contributed by atoms with E-state index in [0.717, 1.165) is 20.6 Å². The second-order valence-corrected chi connectivity index (χ2v) is 10.1. The van der Waals surface area contributed by atoms with Crippen LogP contribution in [-0.4, -0.2) is 5.78 Å². The summed E-state index contributed by atoms with van der Waals surface area (Å²) >= 11 is 8.43. The van der Waals surface area contributed by atoms with Crippen LogP contribution >= 0.6 is 43.2 Å². The van der Waals surface area contributed by atoms with Crippen LogP contribution in [0.1, 0.15) is 41.9 Å². The number of ketones is 1. The Balaban J connectivity index is 1.98. The van der Waals surface area contributed by atoms with Crippen molar-refractivity contribution in [2.45, 2.75) is 38.5 Å². The molecule has 0 saturated heterocycles. The first-order valence-corrected chi connectivity index (χ1v) is 12.0. The molecule has 1 aromatic carbocycles. The van der Waals surface area contributed by atoms with Crippen molar-refractivity contribution in [1.29, 1.82) is 5.26 Å². The summed E-state index contributed by atoms with van der Waals surface area (Å²) in [6.45, 7) is 2.06. The van der Waals surface area contributed by atoms with Gasteiger partial charge in [-0.15, -0.1) is 11.3 Å². The Bertz CT molecular complexity index is 1160. The highest BCUT2D eigenvalue weighted by molar-refractivity contribution is 9.10. The highest BCUT2D eigenvalue weighted by Gasteiger charge is 2.41. The summed E-state index contributed by atoms with van der Waals surface area (Å²) in [6.07, 6.45) is 2.52. The average Bonchev–Trinajstić information content (AvgIpc) is 3.08. The standard InChI is InChI=1S/C22H18Br2FN3OS/c1-2-18-13(24)9-19(30-18)20-12(10-26)22(27)28(15-7-6-11(23)8-14(15)25)16-4-3-5-17(29)21(16)20/h6-9,20H,2-5,27H2,1H3. The molecule has 2 heterocycles. The topological polar surface area (TPSA) is 70.1 Å². The molecule has 0 fully saturated rings. The van der Waals surface area contributed by atoms with Crippen molar-refractivity contribution in [1.82, 2.24) is 0 Å². The second kappa shape index (κ2) is 8.29. The molecule has 154 valence electrons. The Morgan fingerprint density at radius 3 is 2.73 bits per heavy atom. The molecule has 1 aromatic heterocycles. The van der Waals surface area contributed by atoms with Gasteiger partial charge >= 0.3 is 0 Å². The molecule has 0 radical (unpaired) electrons. The first-order valence-electron chi connectivity index (χ1n) is 9.56. The largest absolute Gasteiger partial charge is 0.384 e. The van der Waals surface area contributed by atoms with Crippen molar-refractivity contribution in [3.8, 4) is 6.07 Å². The van der Waals surface area contributed by atoms with Crippen LogP contribution in [0.4, 0.5) is 10.1 Å². The molecule has 2 aromatic rings. The third-order valence-corrected chi connectivity index (χ3v) is 8.25. The molecule has 1 aliphatic heterocycles. The zero-order chi connectivity index (χ0) is 21.6. The van der Waals surface area contributed by atoms with Gasteiger partial charge in [-0.1, -0.05) is 22.9 Å². The number of hydrogen-bond acceptors (Lipinski definition) is 5. The summed E-state index contributed by atoms with van der Waals surface area (Å²) in [4.78, 5) is 16.7. The molecule has 1 unspecified atom stereocenters. The summed E-state index contributed by atoms with van der Waals surface area (Å²) in [5.41, 5.74) is 8.26. The highest BCUT2D eigenvalue weighted by Crippen LogP contribution is 2.49. The average molecular weight is 551 g/mol. The van der Waals surface area contributed by atoms with Gasteiger partial charge in [0.05, 0.1) is 23.2 Å². The number of carbonyl (C=O) groups is 1.